The third-order valence-electron chi connectivity index (χ3n) is 7.93. The molecule has 134 valence electrons. The number of carboxylic acid groups (broad SMARTS) is 1. The number of aliphatic hydroxyl groups excluding tert-OH is 1. The van der Waals surface area contributed by atoms with E-state index in [0.29, 0.717) is 12.3 Å². The molecule has 25 heavy (non-hydrogen) atoms. The first kappa shape index (κ1) is 15.6. The van der Waals surface area contributed by atoms with Crippen LogP contribution < -0.4 is 0 Å². The van der Waals surface area contributed by atoms with Crippen molar-refractivity contribution in [2.45, 2.75) is 51.4 Å². The number of furan rings is 1. The van der Waals surface area contributed by atoms with Gasteiger partial charge in [-0.1, -0.05) is 19.1 Å². The molecular weight excluding hydrogens is 320 g/mol. The van der Waals surface area contributed by atoms with E-state index in [1.165, 1.54) is 0 Å². The second-order valence-corrected chi connectivity index (χ2v) is 8.58. The van der Waals surface area contributed by atoms with Crippen molar-refractivity contribution < 1.29 is 24.2 Å². The van der Waals surface area contributed by atoms with Gasteiger partial charge in [-0.05, 0) is 55.1 Å². The van der Waals surface area contributed by atoms with E-state index < -0.39 is 17.7 Å². The third kappa shape index (κ3) is 1.69. The van der Waals surface area contributed by atoms with Gasteiger partial charge in [-0.2, -0.15) is 0 Å². The lowest BCUT2D eigenvalue weighted by atomic mass is 9.50. The Morgan fingerprint density at radius 1 is 1.44 bits per heavy atom. The van der Waals surface area contributed by atoms with Gasteiger partial charge in [-0.25, -0.2) is 0 Å². The van der Waals surface area contributed by atoms with Gasteiger partial charge >= 0.3 is 5.97 Å². The van der Waals surface area contributed by atoms with Gasteiger partial charge < -0.3 is 19.4 Å². The standard InChI is InChI=1S/C20H24O5/c1-12-2-6-18-11-19(18,16(21)22)7-4-14-15(18)20(12,17(23)25-14)8-3-13-5-9-24-10-13/h4-5,7,9-10,12,14-15,17,23H,2-3,6,8,11H2,1H3,(H,21,22)/t12-,14+,15+,17-,18+,19+,20-/m1/s1. The first-order valence-corrected chi connectivity index (χ1v) is 9.24. The Morgan fingerprint density at radius 2 is 2.28 bits per heavy atom. The summed E-state index contributed by atoms with van der Waals surface area (Å²) in [5.41, 5.74) is -0.271. The first-order chi connectivity index (χ1) is 12.0. The Labute approximate surface area is 146 Å². The van der Waals surface area contributed by atoms with Gasteiger partial charge in [0.25, 0.3) is 0 Å². The number of ether oxygens (including phenoxy) is 1. The van der Waals surface area contributed by atoms with Crippen LogP contribution in [0.3, 0.4) is 0 Å². The van der Waals surface area contributed by atoms with E-state index in [9.17, 15) is 15.0 Å². The Hall–Kier alpha value is -1.59. The smallest absolute Gasteiger partial charge is 0.314 e. The van der Waals surface area contributed by atoms with Gasteiger partial charge in [0.15, 0.2) is 6.29 Å². The summed E-state index contributed by atoms with van der Waals surface area (Å²) >= 11 is 0. The lowest BCUT2D eigenvalue weighted by Crippen LogP contribution is -2.53. The molecule has 1 aromatic rings. The van der Waals surface area contributed by atoms with Crippen LogP contribution in [0.15, 0.2) is 35.2 Å². The molecule has 3 aliphatic carbocycles. The normalized spacial score (nSPS) is 49.5. The number of hydrogen-bond donors (Lipinski definition) is 2. The molecule has 0 aromatic carbocycles. The molecule has 1 saturated heterocycles. The van der Waals surface area contributed by atoms with Crippen LogP contribution in [0.2, 0.25) is 0 Å². The Bertz CT molecular complexity index is 739. The van der Waals surface area contributed by atoms with E-state index in [4.69, 9.17) is 9.15 Å². The van der Waals surface area contributed by atoms with Gasteiger partial charge in [0, 0.05) is 11.3 Å². The maximum Gasteiger partial charge on any atom is 0.314 e. The van der Waals surface area contributed by atoms with E-state index in [0.717, 1.165) is 31.2 Å². The van der Waals surface area contributed by atoms with Crippen molar-refractivity contribution in [3.8, 4) is 0 Å². The Morgan fingerprint density at radius 3 is 3.00 bits per heavy atom. The number of aryl methyl sites for hydroxylation is 1. The summed E-state index contributed by atoms with van der Waals surface area (Å²) in [6.07, 6.45) is 10.3. The molecule has 5 heteroatoms. The lowest BCUT2D eigenvalue weighted by Gasteiger charge is -2.52. The highest BCUT2D eigenvalue weighted by Gasteiger charge is 2.82. The average molecular weight is 344 g/mol. The topological polar surface area (TPSA) is 79.9 Å². The number of carboxylic acids is 1. The van der Waals surface area contributed by atoms with E-state index in [-0.39, 0.29) is 22.9 Å². The van der Waals surface area contributed by atoms with E-state index >= 15 is 0 Å². The number of hydrogen-bond acceptors (Lipinski definition) is 4. The van der Waals surface area contributed by atoms with E-state index in [2.05, 4.69) is 6.92 Å². The quantitative estimate of drug-likeness (QED) is 0.821. The molecule has 2 heterocycles. The van der Waals surface area contributed by atoms with Crippen molar-refractivity contribution in [3.05, 3.63) is 36.3 Å². The zero-order valence-electron chi connectivity index (χ0n) is 14.4. The van der Waals surface area contributed by atoms with Gasteiger partial charge in [-0.3, -0.25) is 4.79 Å². The summed E-state index contributed by atoms with van der Waals surface area (Å²) in [5, 5.41) is 20.8. The second-order valence-electron chi connectivity index (χ2n) is 8.58. The van der Waals surface area contributed by atoms with Gasteiger partial charge in [-0.15, -0.1) is 0 Å². The fraction of sp³-hybridized carbons (Fsp3) is 0.650. The molecule has 1 aromatic heterocycles. The van der Waals surface area contributed by atoms with Crippen molar-refractivity contribution >= 4 is 5.97 Å². The predicted octanol–water partition coefficient (Wildman–Crippen LogP) is 2.99. The zero-order chi connectivity index (χ0) is 17.4. The number of carbonyl (C=O) groups is 1. The number of aliphatic carboxylic acids is 1. The highest BCUT2D eigenvalue weighted by atomic mass is 16.6. The lowest BCUT2D eigenvalue weighted by molar-refractivity contribution is -0.160. The Kier molecular flexibility index (Phi) is 2.99. The molecule has 5 rings (SSSR count). The van der Waals surface area contributed by atoms with Gasteiger partial charge in [0.05, 0.1) is 24.0 Å². The van der Waals surface area contributed by atoms with Crippen LogP contribution in [0, 0.1) is 28.1 Å². The number of rotatable bonds is 4. The molecule has 7 atom stereocenters. The molecule has 4 aliphatic rings. The van der Waals surface area contributed by atoms with Crippen molar-refractivity contribution in [1.29, 1.82) is 0 Å². The summed E-state index contributed by atoms with van der Waals surface area (Å²) in [6, 6.07) is 1.96. The fourth-order valence-corrected chi connectivity index (χ4v) is 6.56. The summed E-state index contributed by atoms with van der Waals surface area (Å²) in [5.74, 6) is -0.345. The number of aliphatic hydroxyl groups is 1. The molecule has 1 aliphatic heterocycles. The van der Waals surface area contributed by atoms with Crippen LogP contribution in [-0.2, 0) is 16.0 Å². The maximum absolute atomic E-state index is 12.0. The molecule has 0 unspecified atom stereocenters. The SMILES string of the molecule is C[C@@H]1CC[C@@]23C[C@]2(C(=O)O)C=C[C@@H]2O[C@@H](O)[C@@]1(CCc1ccoc1)[C@@H]23. The van der Waals surface area contributed by atoms with E-state index in [1.54, 1.807) is 12.5 Å². The first-order valence-electron chi connectivity index (χ1n) is 9.24. The van der Waals surface area contributed by atoms with Gasteiger partial charge in [0.1, 0.15) is 0 Å². The fourth-order valence-electron chi connectivity index (χ4n) is 6.56. The molecule has 1 spiro atoms. The second kappa shape index (κ2) is 4.77. The minimum absolute atomic E-state index is 0.0757. The predicted molar refractivity (Wildman–Crippen MR) is 88.5 cm³/mol. The summed E-state index contributed by atoms with van der Waals surface area (Å²) < 4.78 is 11.2. The summed E-state index contributed by atoms with van der Waals surface area (Å²) in [4.78, 5) is 12.0. The van der Waals surface area contributed by atoms with Crippen LogP contribution in [0.5, 0.6) is 0 Å². The minimum atomic E-state index is -0.837. The van der Waals surface area contributed by atoms with Crippen molar-refractivity contribution in [1.82, 2.24) is 0 Å². The molecule has 0 amide bonds. The van der Waals surface area contributed by atoms with Crippen molar-refractivity contribution in [3.63, 3.8) is 0 Å². The maximum atomic E-state index is 12.0. The molecular formula is C20H24O5. The molecule has 5 nitrogen and oxygen atoms in total. The Balaban J connectivity index is 1.57. The van der Waals surface area contributed by atoms with Crippen LogP contribution in [0.4, 0.5) is 0 Å². The molecule has 0 bridgehead atoms. The van der Waals surface area contributed by atoms with Crippen LogP contribution >= 0.6 is 0 Å². The zero-order valence-corrected chi connectivity index (χ0v) is 14.4. The van der Waals surface area contributed by atoms with Crippen LogP contribution in [0.1, 0.15) is 38.2 Å². The summed E-state index contributed by atoms with van der Waals surface area (Å²) in [7, 11) is 0. The van der Waals surface area contributed by atoms with Crippen LogP contribution in [0.25, 0.3) is 0 Å². The summed E-state index contributed by atoms with van der Waals surface area (Å²) in [6.45, 7) is 2.19. The molecule has 0 radical (unpaired) electrons. The largest absolute Gasteiger partial charge is 0.481 e. The highest BCUT2D eigenvalue weighted by molar-refractivity contribution is 5.83. The molecule has 3 fully saturated rings. The van der Waals surface area contributed by atoms with Crippen molar-refractivity contribution in [2.24, 2.45) is 28.1 Å². The monoisotopic (exact) mass is 344 g/mol. The van der Waals surface area contributed by atoms with Crippen molar-refractivity contribution in [2.75, 3.05) is 0 Å². The third-order valence-corrected chi connectivity index (χ3v) is 7.93. The van der Waals surface area contributed by atoms with Crippen LogP contribution in [-0.4, -0.2) is 28.6 Å². The molecule has 2 N–H and O–H groups in total. The van der Waals surface area contributed by atoms with E-state index in [1.807, 2.05) is 18.2 Å². The minimum Gasteiger partial charge on any atom is -0.481 e. The van der Waals surface area contributed by atoms with Gasteiger partial charge in [0.2, 0.25) is 0 Å². The highest BCUT2D eigenvalue weighted by Crippen LogP contribution is 2.81. The average Bonchev–Trinajstić information content (AvgIpc) is 2.88. The molecule has 2 saturated carbocycles.